The first-order valence-corrected chi connectivity index (χ1v) is 2.06. The van der Waals surface area contributed by atoms with E-state index >= 15 is 0 Å². The third-order valence-electron chi connectivity index (χ3n) is 0. The summed E-state index contributed by atoms with van der Waals surface area (Å²) in [4.78, 5) is 0. The van der Waals surface area contributed by atoms with Gasteiger partial charge in [-0.2, -0.15) is 0 Å². The highest BCUT2D eigenvalue weighted by Gasteiger charge is 1.54. The lowest BCUT2D eigenvalue weighted by molar-refractivity contribution is 0.932. The lowest BCUT2D eigenvalue weighted by atomic mass is 10.8. The minimum Gasteiger partial charge on any atom is -0.202 e. The van der Waals surface area contributed by atoms with Crippen LogP contribution in [-0.4, -0.2) is 7.57 Å². The van der Waals surface area contributed by atoms with E-state index in [2.05, 4.69) is 13.7 Å². The van der Waals surface area contributed by atoms with Crippen molar-refractivity contribution in [2.24, 2.45) is 0 Å². The summed E-state index contributed by atoms with van der Waals surface area (Å²) in [5.74, 6) is 0. The van der Waals surface area contributed by atoms with Gasteiger partial charge >= 0.3 is 0 Å². The fraction of sp³-hybridized carbons (Fsp3) is 0. The van der Waals surface area contributed by atoms with Crippen molar-refractivity contribution in [3.63, 3.8) is 0 Å². The van der Waals surface area contributed by atoms with Crippen molar-refractivity contribution in [2.45, 2.75) is 0 Å². The van der Waals surface area contributed by atoms with Gasteiger partial charge in [-0.15, -0.1) is 6.13 Å². The summed E-state index contributed by atoms with van der Waals surface area (Å²) in [6, 6.07) is 0. The summed E-state index contributed by atoms with van der Waals surface area (Å²) in [6.45, 7) is 0. The van der Waals surface area contributed by atoms with Crippen LogP contribution in [0.25, 0.3) is 0 Å². The molecule has 0 aromatic heterocycles. The second-order valence-corrected chi connectivity index (χ2v) is 1.03. The Kier molecular flexibility index (Phi) is 1.43. The minimum atomic E-state index is -2.12. The molecule has 20 valence electrons. The molecule has 4 heavy (non-hydrogen) atoms. The highest BCUT2D eigenvalue weighted by Crippen LogP contribution is 2.05. The predicted octanol–water partition coefficient (Wildman–Crippen LogP) is 1.03. The monoisotopic (exact) mass is 74.0 g/mol. The van der Waals surface area contributed by atoms with Crippen LogP contribution in [0.4, 0.5) is 4.20 Å². The van der Waals surface area contributed by atoms with E-state index < -0.39 is 7.57 Å². The zero-order valence-electron chi connectivity index (χ0n) is 1.98. The van der Waals surface area contributed by atoms with Crippen LogP contribution in [0.5, 0.6) is 0 Å². The van der Waals surface area contributed by atoms with Gasteiger partial charge in [0.1, 0.15) is 0 Å². The molecule has 0 fully saturated rings. The Morgan fingerprint density at radius 1 is 2.00 bits per heavy atom. The molecule has 0 aliphatic rings. The molecule has 0 aliphatic heterocycles. The Labute approximate surface area is 26.6 Å². The Hall–Kier alpha value is 0.0749. The average Bonchev–Trinajstić information content (AvgIpc) is 0.811. The molecule has 0 amide bonds. The van der Waals surface area contributed by atoms with Crippen molar-refractivity contribution in [2.75, 3.05) is 0 Å². The van der Waals surface area contributed by atoms with Crippen LogP contribution >= 0.6 is 7.57 Å². The third-order valence-corrected chi connectivity index (χ3v) is 0. The number of hydrogen-bond acceptors (Lipinski definition) is 0. The molecule has 0 aliphatic carbocycles. The zero-order valence-corrected chi connectivity index (χ0v) is 2.87. The summed E-state index contributed by atoms with van der Waals surface area (Å²) in [6.07, 6.45) is 4.29. The lowest BCUT2D eigenvalue weighted by Crippen LogP contribution is -1.22. The molecule has 0 heterocycles. The molecule has 1 unspecified atom stereocenters. The van der Waals surface area contributed by atoms with Gasteiger partial charge in [0.2, 0.25) is 0 Å². The quantitative estimate of drug-likeness (QED) is 0.297. The number of halogens is 1. The molecular formula is CHBFP. The zero-order chi connectivity index (χ0) is 3.58. The second-order valence-electron chi connectivity index (χ2n) is 0.344. The van der Waals surface area contributed by atoms with Gasteiger partial charge in [0, 0.05) is 7.57 Å². The maximum atomic E-state index is 10.6. The molecule has 0 rings (SSSR count). The highest BCUT2D eigenvalue weighted by molar-refractivity contribution is 7.68. The van der Waals surface area contributed by atoms with Gasteiger partial charge in [-0.1, -0.05) is 0 Å². The van der Waals surface area contributed by atoms with Gasteiger partial charge < -0.3 is 0 Å². The van der Waals surface area contributed by atoms with E-state index in [0.717, 1.165) is 0 Å². The van der Waals surface area contributed by atoms with Crippen molar-refractivity contribution in [3.8, 4) is 6.13 Å². The topological polar surface area (TPSA) is 0 Å². The molecule has 0 bridgehead atoms. The van der Waals surface area contributed by atoms with Crippen molar-refractivity contribution >= 4 is 15.1 Å². The smallest absolute Gasteiger partial charge is 0.197 e. The maximum absolute atomic E-state index is 10.6. The SMILES string of the molecule is [B]P(#C)F. The molecule has 0 saturated heterocycles. The molecule has 1 atom stereocenters. The van der Waals surface area contributed by atoms with Crippen molar-refractivity contribution in [1.82, 2.24) is 0 Å². The van der Waals surface area contributed by atoms with Crippen molar-refractivity contribution in [3.05, 3.63) is 0 Å². The molecule has 2 radical (unpaired) electrons. The summed E-state index contributed by atoms with van der Waals surface area (Å²) in [7, 11) is 2.17. The molecule has 0 spiro atoms. The summed E-state index contributed by atoms with van der Waals surface area (Å²) < 4.78 is 10.6. The van der Waals surface area contributed by atoms with Gasteiger partial charge in [0.25, 0.3) is 0 Å². The standard InChI is InChI=1S/CHBFP/c1-4(2)3/h1H. The van der Waals surface area contributed by atoms with E-state index in [0.29, 0.717) is 0 Å². The van der Waals surface area contributed by atoms with Gasteiger partial charge in [-0.25, -0.2) is 4.20 Å². The van der Waals surface area contributed by atoms with Crippen LogP contribution in [0.15, 0.2) is 0 Å². The Bertz CT molecular complexity index is 54.2. The molecule has 0 N–H and O–H groups in total. The predicted molar refractivity (Wildman–Crippen MR) is 18.7 cm³/mol. The summed E-state index contributed by atoms with van der Waals surface area (Å²) in [5.41, 5.74) is 0. The molecule has 0 aromatic rings. The molecule has 3 heteroatoms. The third kappa shape index (κ3) is 427. The van der Waals surface area contributed by atoms with Crippen LogP contribution in [0.2, 0.25) is 0 Å². The molecule has 0 saturated carbocycles. The minimum absolute atomic E-state index is 2.12. The van der Waals surface area contributed by atoms with Crippen molar-refractivity contribution < 1.29 is 4.20 Å². The normalized spacial score (nSPS) is 10.5. The van der Waals surface area contributed by atoms with Crippen LogP contribution in [0.1, 0.15) is 0 Å². The average molecular weight is 73.8 g/mol. The van der Waals surface area contributed by atoms with E-state index in [-0.39, 0.29) is 0 Å². The Morgan fingerprint density at radius 3 is 2.00 bits per heavy atom. The van der Waals surface area contributed by atoms with E-state index in [1.54, 1.807) is 0 Å². The van der Waals surface area contributed by atoms with E-state index in [4.69, 9.17) is 0 Å². The van der Waals surface area contributed by atoms with Gasteiger partial charge in [-0.3, -0.25) is 0 Å². The van der Waals surface area contributed by atoms with Crippen LogP contribution in [0, 0.1) is 6.13 Å². The summed E-state index contributed by atoms with van der Waals surface area (Å²) in [5, 5.41) is 0. The second kappa shape index (κ2) is 1.40. The Balaban J connectivity index is 3.02. The van der Waals surface area contributed by atoms with E-state index in [9.17, 15) is 4.20 Å². The fourth-order valence-electron chi connectivity index (χ4n) is 0. The van der Waals surface area contributed by atoms with Crippen LogP contribution < -0.4 is 0 Å². The lowest BCUT2D eigenvalue weighted by Gasteiger charge is -1.54. The molecular weight excluding hydrogens is 72.8 g/mol. The van der Waals surface area contributed by atoms with Gasteiger partial charge in [-0.05, 0) is 0 Å². The van der Waals surface area contributed by atoms with Gasteiger partial charge in [0.15, 0.2) is 7.57 Å². The maximum Gasteiger partial charge on any atom is 0.197 e. The Morgan fingerprint density at radius 2 is 2.00 bits per heavy atom. The van der Waals surface area contributed by atoms with Crippen LogP contribution in [-0.2, 0) is 0 Å². The van der Waals surface area contributed by atoms with E-state index in [1.165, 1.54) is 0 Å². The number of rotatable bonds is 0. The first kappa shape index (κ1) is 4.07. The van der Waals surface area contributed by atoms with E-state index in [1.807, 2.05) is 0 Å². The summed E-state index contributed by atoms with van der Waals surface area (Å²) >= 11 is 0. The first-order chi connectivity index (χ1) is 1.73. The fourth-order valence-corrected chi connectivity index (χ4v) is 0. The first-order valence-electron chi connectivity index (χ1n) is 0.685. The molecule has 0 aromatic carbocycles. The molecule has 0 nitrogen and oxygen atoms in total. The van der Waals surface area contributed by atoms with Crippen LogP contribution in [0.3, 0.4) is 0 Å². The highest BCUT2D eigenvalue weighted by atomic mass is 31.1. The number of hydrogen-bond donors (Lipinski definition) is 0. The largest absolute Gasteiger partial charge is 0.202 e. The van der Waals surface area contributed by atoms with Crippen molar-refractivity contribution in [1.29, 1.82) is 0 Å². The van der Waals surface area contributed by atoms with Gasteiger partial charge in [0.05, 0.1) is 0 Å².